The molecule has 11 heteroatoms. The second-order valence-corrected chi connectivity index (χ2v) is 16.6. The fourth-order valence-electron chi connectivity index (χ4n) is 8.63. The number of rotatable bonds is 20. The first kappa shape index (κ1) is 46.0. The Morgan fingerprint density at radius 3 is 1.33 bits per heavy atom. The zero-order valence-electron chi connectivity index (χ0n) is 37.1. The van der Waals surface area contributed by atoms with Gasteiger partial charge in [0, 0.05) is 12.7 Å². The maximum absolute atomic E-state index is 7.40. The summed E-state index contributed by atoms with van der Waals surface area (Å²) in [6.45, 7) is 1.85. The Morgan fingerprint density at radius 1 is 0.424 bits per heavy atom. The van der Waals surface area contributed by atoms with Crippen molar-refractivity contribution >= 4 is 0 Å². The maximum atomic E-state index is 7.40. The van der Waals surface area contributed by atoms with E-state index in [-0.39, 0.29) is 33.0 Å². The molecule has 0 spiro atoms. The van der Waals surface area contributed by atoms with Crippen molar-refractivity contribution in [3.05, 3.63) is 215 Å². The third-order valence-electron chi connectivity index (χ3n) is 12.0. The lowest BCUT2D eigenvalue weighted by molar-refractivity contribution is -0.399. The lowest BCUT2D eigenvalue weighted by Crippen LogP contribution is -2.67. The first-order valence-corrected chi connectivity index (χ1v) is 22.7. The monoisotopic (exact) mass is 894 g/mol. The van der Waals surface area contributed by atoms with Crippen LogP contribution in [0.2, 0.25) is 0 Å². The van der Waals surface area contributed by atoms with E-state index in [0.717, 1.165) is 33.4 Å². The van der Waals surface area contributed by atoms with Crippen molar-refractivity contribution in [1.29, 1.82) is 0 Å². The predicted molar refractivity (Wildman–Crippen MR) is 245 cm³/mol. The van der Waals surface area contributed by atoms with Crippen molar-refractivity contribution in [2.45, 2.75) is 101 Å². The van der Waals surface area contributed by atoms with Crippen molar-refractivity contribution in [2.24, 2.45) is 0 Å². The number of hydrogen-bond acceptors (Lipinski definition) is 11. The van der Waals surface area contributed by atoms with Crippen LogP contribution in [-0.4, -0.2) is 81.7 Å². The molecule has 344 valence electrons. The highest BCUT2D eigenvalue weighted by atomic mass is 16.8. The van der Waals surface area contributed by atoms with Crippen molar-refractivity contribution in [1.82, 2.24) is 0 Å². The van der Waals surface area contributed by atoms with Gasteiger partial charge in [-0.15, -0.1) is 0 Å². The van der Waals surface area contributed by atoms with Gasteiger partial charge in [-0.2, -0.15) is 0 Å². The molecule has 0 saturated carbocycles. The van der Waals surface area contributed by atoms with E-state index < -0.39 is 67.7 Å². The van der Waals surface area contributed by atoms with E-state index in [0.29, 0.717) is 13.2 Å². The van der Waals surface area contributed by atoms with E-state index in [2.05, 4.69) is 0 Å². The number of benzene rings is 6. The normalized spacial score (nSPS) is 27.5. The highest BCUT2D eigenvalue weighted by molar-refractivity contribution is 5.19. The van der Waals surface area contributed by atoms with Crippen LogP contribution in [0.1, 0.15) is 39.7 Å². The van der Waals surface area contributed by atoms with Crippen LogP contribution in [0.4, 0.5) is 0 Å². The molecule has 0 amide bonds. The van der Waals surface area contributed by atoms with Crippen molar-refractivity contribution in [3.63, 3.8) is 0 Å². The molecule has 0 N–H and O–H groups in total. The van der Waals surface area contributed by atoms with Crippen LogP contribution in [0.25, 0.3) is 0 Å². The summed E-state index contributed by atoms with van der Waals surface area (Å²) < 4.78 is 74.6. The second kappa shape index (κ2) is 23.6. The summed E-state index contributed by atoms with van der Waals surface area (Å²) in [5.74, 6) is 0. The van der Waals surface area contributed by atoms with Crippen LogP contribution in [0.5, 0.6) is 0 Å². The minimum absolute atomic E-state index is 0.166. The highest BCUT2D eigenvalue weighted by Crippen LogP contribution is 2.40. The minimum Gasteiger partial charge on any atom is -0.374 e. The summed E-state index contributed by atoms with van der Waals surface area (Å²) in [5, 5.41) is 0. The fourth-order valence-corrected chi connectivity index (χ4v) is 8.63. The van der Waals surface area contributed by atoms with Gasteiger partial charge in [-0.05, 0) is 27.8 Å². The number of fused-ring (bicyclic) bond motifs is 1. The number of ether oxygens (including phenoxy) is 11. The Kier molecular flexibility index (Phi) is 16.4. The van der Waals surface area contributed by atoms with Gasteiger partial charge in [0.25, 0.3) is 0 Å². The third-order valence-corrected chi connectivity index (χ3v) is 12.0. The highest BCUT2D eigenvalue weighted by Gasteiger charge is 2.56. The van der Waals surface area contributed by atoms with Crippen LogP contribution in [-0.2, 0) is 85.1 Å². The van der Waals surface area contributed by atoms with Gasteiger partial charge < -0.3 is 52.1 Å². The molecule has 0 radical (unpaired) electrons. The summed E-state index contributed by atoms with van der Waals surface area (Å²) in [7, 11) is 1.60. The van der Waals surface area contributed by atoms with Crippen LogP contribution in [0, 0.1) is 0 Å². The van der Waals surface area contributed by atoms with Gasteiger partial charge in [0.05, 0.1) is 46.2 Å². The van der Waals surface area contributed by atoms with E-state index in [1.165, 1.54) is 0 Å². The molecule has 1 unspecified atom stereocenters. The smallest absolute Gasteiger partial charge is 0.187 e. The molecular formula is C55H58O11. The molecule has 9 rings (SSSR count). The SMILES string of the molecule is CO[C@H]1O[C@@H]2COC(c3ccccc3)O[C@H]2[C@H](O[C@H]2O[C@H](COCc3ccccc3)[C@@H](OCc3ccccc3)[C@H](OCc3ccccc3)[C@H]2OCc2ccccc2)[C@H]1OCc1ccccc1. The Labute approximate surface area is 387 Å². The lowest BCUT2D eigenvalue weighted by Gasteiger charge is -2.51. The summed E-state index contributed by atoms with van der Waals surface area (Å²) in [4.78, 5) is 0. The van der Waals surface area contributed by atoms with Gasteiger partial charge in [-0.25, -0.2) is 0 Å². The van der Waals surface area contributed by atoms with Crippen molar-refractivity contribution < 1.29 is 52.1 Å². The van der Waals surface area contributed by atoms with Gasteiger partial charge >= 0.3 is 0 Å². The Balaban J connectivity index is 1.10. The summed E-state index contributed by atoms with van der Waals surface area (Å²) >= 11 is 0. The number of methoxy groups -OCH3 is 1. The molecule has 3 heterocycles. The average Bonchev–Trinajstić information content (AvgIpc) is 3.38. The van der Waals surface area contributed by atoms with Gasteiger partial charge in [0.2, 0.25) is 0 Å². The molecule has 3 aliphatic heterocycles. The third kappa shape index (κ3) is 12.1. The molecule has 0 bridgehead atoms. The average molecular weight is 895 g/mol. The van der Waals surface area contributed by atoms with E-state index in [1.807, 2.05) is 182 Å². The summed E-state index contributed by atoms with van der Waals surface area (Å²) in [6.07, 6.45) is -8.32. The molecule has 66 heavy (non-hydrogen) atoms. The van der Waals surface area contributed by atoms with Gasteiger partial charge in [0.1, 0.15) is 48.8 Å². The predicted octanol–water partition coefficient (Wildman–Crippen LogP) is 9.14. The molecule has 6 aromatic rings. The molecule has 0 aliphatic carbocycles. The maximum Gasteiger partial charge on any atom is 0.187 e. The van der Waals surface area contributed by atoms with Crippen LogP contribution >= 0.6 is 0 Å². The van der Waals surface area contributed by atoms with Gasteiger partial charge in [0.15, 0.2) is 18.9 Å². The molecule has 6 aromatic carbocycles. The Morgan fingerprint density at radius 2 is 0.848 bits per heavy atom. The topological polar surface area (TPSA) is 102 Å². The largest absolute Gasteiger partial charge is 0.374 e. The Hall–Kier alpha value is -5.12. The minimum atomic E-state index is -1.05. The van der Waals surface area contributed by atoms with E-state index >= 15 is 0 Å². The zero-order chi connectivity index (χ0) is 44.8. The zero-order valence-corrected chi connectivity index (χ0v) is 37.1. The molecule has 3 aliphatic rings. The molecule has 11 nitrogen and oxygen atoms in total. The van der Waals surface area contributed by atoms with E-state index in [9.17, 15) is 0 Å². The standard InChI is InChI=1S/C55H58O11/c1-56-54-52(61-36-43-28-16-6-17-29-43)50(48-46(63-54)38-62-53(65-48)44-30-18-7-19-31-44)66-55-51(60-35-42-26-14-5-15-27-42)49(59-34-41-24-12-4-13-25-41)47(58-33-40-22-10-3-11-23-40)45(64-55)37-57-32-39-20-8-2-9-21-39/h2-31,45-55H,32-38H2,1H3/t45-,46-,47-,48-,49+,50+,51-,52-,53?,54+,55-/m1/s1. The lowest BCUT2D eigenvalue weighted by atomic mass is 9.95. The molecule has 11 atom stereocenters. The molecule has 3 fully saturated rings. The first-order valence-electron chi connectivity index (χ1n) is 22.7. The summed E-state index contributed by atoms with van der Waals surface area (Å²) in [6, 6.07) is 60.1. The van der Waals surface area contributed by atoms with Crippen LogP contribution in [0.15, 0.2) is 182 Å². The first-order chi connectivity index (χ1) is 32.7. The fraction of sp³-hybridized carbons (Fsp3) is 0.345. The van der Waals surface area contributed by atoms with Gasteiger partial charge in [-0.1, -0.05) is 182 Å². The van der Waals surface area contributed by atoms with E-state index in [4.69, 9.17) is 52.1 Å². The molecule has 3 saturated heterocycles. The molecular weight excluding hydrogens is 837 g/mol. The van der Waals surface area contributed by atoms with Crippen molar-refractivity contribution in [3.8, 4) is 0 Å². The van der Waals surface area contributed by atoms with E-state index in [1.54, 1.807) is 7.11 Å². The van der Waals surface area contributed by atoms with Crippen LogP contribution < -0.4 is 0 Å². The molecule has 0 aromatic heterocycles. The Bertz CT molecular complexity index is 2270. The van der Waals surface area contributed by atoms with Gasteiger partial charge in [-0.3, -0.25) is 0 Å². The van der Waals surface area contributed by atoms with Crippen LogP contribution in [0.3, 0.4) is 0 Å². The number of hydrogen-bond donors (Lipinski definition) is 0. The second-order valence-electron chi connectivity index (χ2n) is 16.6. The summed E-state index contributed by atoms with van der Waals surface area (Å²) in [5.41, 5.74) is 5.85. The quantitative estimate of drug-likeness (QED) is 0.0734. The van der Waals surface area contributed by atoms with Crippen molar-refractivity contribution in [2.75, 3.05) is 20.3 Å².